The summed E-state index contributed by atoms with van der Waals surface area (Å²) in [6, 6.07) is 59.0. The number of nitriles is 1. The van der Waals surface area contributed by atoms with Gasteiger partial charge in [0.25, 0.3) is 0 Å². The second kappa shape index (κ2) is 40.5. The van der Waals surface area contributed by atoms with Gasteiger partial charge < -0.3 is 47.8 Å². The Hall–Kier alpha value is -12.6. The molecule has 0 atom stereocenters. The Labute approximate surface area is 842 Å². The number of hydrogen-bond acceptors (Lipinski definition) is 18. The van der Waals surface area contributed by atoms with Crippen LogP contribution >= 0.6 is 82.2 Å². The lowest BCUT2D eigenvalue weighted by Crippen LogP contribution is -2.09. The summed E-state index contributed by atoms with van der Waals surface area (Å²) in [7, 11) is 17.4. The predicted octanol–water partition coefficient (Wildman–Crippen LogP) is 24.3. The highest BCUT2D eigenvalue weighted by Gasteiger charge is 2.34. The van der Waals surface area contributed by atoms with E-state index in [0.29, 0.717) is 97.7 Å². The summed E-state index contributed by atoms with van der Waals surface area (Å²) < 4.78 is 36.6. The molecule has 0 amide bonds. The van der Waals surface area contributed by atoms with Gasteiger partial charge in [-0.25, -0.2) is 14.4 Å². The smallest absolute Gasteiger partial charge is 0.352 e. The monoisotopic (exact) mass is 2000 g/mol. The van der Waals surface area contributed by atoms with Crippen LogP contribution in [-0.4, -0.2) is 120 Å². The first-order chi connectivity index (χ1) is 67.6. The first kappa shape index (κ1) is 96.3. The second-order valence-corrected chi connectivity index (χ2v) is 42.6. The predicted molar refractivity (Wildman–Crippen MR) is 568 cm³/mol. The SMILES string of the molecule is Cc1c2c(c(C#N)n1C)CSCc1cc(n(C)n1)CSc1cc(c3ccccc3c1)OCCCc1c(C(=O)O)n(C)c3c-2c(Cl)ccc13.Cc1ccc2c3c(C(=O)O)n(C)c2c1-c1c(C)nn(C)c1CSCc1cc(n(C)n1)CSc1cc(c2ccccc2c1)OCCC3.Cc1ccc2c3c(C(=O)O)n(C)c2c1-c1c(nn(C)c1C)CSCc1cc(n(C)n1)CSc1cc(c2ccccc2c1)OCCC3. The molecule has 0 unspecified atom stereocenters. The molecule has 716 valence electrons. The molecule has 12 heterocycles. The number of carbonyl (C=O) groups is 3. The fraction of sp³-hybridized carbons (Fsp3) is 0.294. The van der Waals surface area contributed by atoms with Gasteiger partial charge in [0.05, 0.1) is 75.6 Å². The van der Waals surface area contributed by atoms with Crippen molar-refractivity contribution in [2.24, 2.45) is 63.4 Å². The summed E-state index contributed by atoms with van der Waals surface area (Å²) in [4.78, 5) is 41.7. The highest BCUT2D eigenvalue weighted by Crippen LogP contribution is 2.49. The van der Waals surface area contributed by atoms with Crippen LogP contribution in [0.1, 0.15) is 152 Å². The van der Waals surface area contributed by atoms with Crippen LogP contribution in [0.3, 0.4) is 0 Å². The van der Waals surface area contributed by atoms with Crippen LogP contribution < -0.4 is 14.2 Å². The number of aromatic carboxylic acids is 3. The average molecular weight is 2000 g/mol. The molecule has 24 nitrogen and oxygen atoms in total. The fourth-order valence-corrected chi connectivity index (χ4v) is 26.5. The fourth-order valence-electron chi connectivity index (χ4n) is 20.5. The van der Waals surface area contributed by atoms with Gasteiger partial charge >= 0.3 is 17.9 Å². The number of hydrogen-bond donors (Lipinski definition) is 3. The molecule has 0 saturated carbocycles. The zero-order valence-corrected chi connectivity index (χ0v) is 86.3. The standard InChI is InChI=1S/C37H34ClN5O3S2.2C36H37N5O3S2/c1-21-33-29(31(17-39)41(21)2)20-47-18-23-15-24(43(4)40-23)19-48-25-14-22-8-5-6-9-26(22)32(16-25)46-13-7-10-27-28-11-12-30(38)34(33)35(28)42(3)36(27)37(44)45;1-21-12-13-29-28-11-8-14-44-31-17-26(15-23-9-6-7-10-27(23)31)46-19-25-16-24(37-41(25)5)18-45-20-30-33(22(2)40(4)38-30)32(21)34(29)39(3)35(28)36(42)43;1-21-12-13-29-28-11-8-14-44-31-17-26(15-23-9-6-7-10-27(23)31)46-19-25-16-24(38-40(25)4)18-45-20-30-33(22(2)37-41(30)5)32(21)34(29)39(3)35(28)36(42)43/h5-6,8-9,11-12,14-16H,7,10,13,18-20H2,1-4H3,(H,44,45);2*6-7,9-10,12-13,15-17H,8,11,14,18-20H2,1-5H3,(H,42,43). The highest BCUT2D eigenvalue weighted by molar-refractivity contribution is 7.99. The van der Waals surface area contributed by atoms with Gasteiger partial charge in [-0.05, 0) is 178 Å². The van der Waals surface area contributed by atoms with E-state index in [0.717, 1.165) is 249 Å². The number of rotatable bonds is 3. The maximum absolute atomic E-state index is 12.8. The second-order valence-electron chi connectivity index (χ2n) is 36.1. The molecule has 3 aliphatic heterocycles. The average Bonchev–Trinajstić information content (AvgIpc) is 1.58. The highest BCUT2D eigenvalue weighted by atomic mass is 35.5. The number of thioether (sulfide) groups is 6. The van der Waals surface area contributed by atoms with Gasteiger partial charge in [-0.2, -0.15) is 42.5 Å². The van der Waals surface area contributed by atoms with Crippen molar-refractivity contribution in [1.82, 2.24) is 67.2 Å². The number of ether oxygens (including phenoxy) is 3. The van der Waals surface area contributed by atoms with Crippen molar-refractivity contribution in [3.63, 3.8) is 0 Å². The molecule has 21 rings (SSSR count). The van der Waals surface area contributed by atoms with E-state index in [9.17, 15) is 35.0 Å². The molecule has 9 aromatic heterocycles. The van der Waals surface area contributed by atoms with Crippen molar-refractivity contribution < 1.29 is 43.9 Å². The van der Waals surface area contributed by atoms with Crippen LogP contribution in [0.2, 0.25) is 5.02 Å². The number of nitrogens with zero attached hydrogens (tertiary/aromatic N) is 15. The Morgan fingerprint density at radius 3 is 1.17 bits per heavy atom. The van der Waals surface area contributed by atoms with E-state index in [1.54, 1.807) is 70.4 Å². The lowest BCUT2D eigenvalue weighted by molar-refractivity contribution is 0.0675. The summed E-state index contributed by atoms with van der Waals surface area (Å²) in [6.45, 7) is 11.7. The van der Waals surface area contributed by atoms with Gasteiger partial charge in [-0.1, -0.05) is 115 Å². The first-order valence-corrected chi connectivity index (χ1v) is 53.4. The number of carboxylic acids is 3. The van der Waals surface area contributed by atoms with Crippen LogP contribution in [0.15, 0.2) is 178 Å². The van der Waals surface area contributed by atoms with Gasteiger partial charge in [0.1, 0.15) is 46.1 Å². The Kier molecular flexibility index (Phi) is 27.9. The van der Waals surface area contributed by atoms with Crippen molar-refractivity contribution in [2.45, 2.75) is 140 Å². The van der Waals surface area contributed by atoms with Crippen molar-refractivity contribution in [2.75, 3.05) is 19.8 Å². The van der Waals surface area contributed by atoms with E-state index in [-0.39, 0.29) is 5.69 Å². The van der Waals surface area contributed by atoms with Crippen molar-refractivity contribution in [3.8, 4) is 56.7 Å². The minimum atomic E-state index is -0.995. The minimum absolute atomic E-state index is 0.232. The molecule has 18 aromatic rings. The Balaban J connectivity index is 0.000000134. The molecule has 31 heteroatoms. The van der Waals surface area contributed by atoms with Gasteiger partial charge in [-0.15, -0.1) is 58.8 Å². The van der Waals surface area contributed by atoms with Crippen LogP contribution in [0.5, 0.6) is 17.2 Å². The molecule has 3 aliphatic rings. The lowest BCUT2D eigenvalue weighted by Gasteiger charge is -2.13. The summed E-state index contributed by atoms with van der Waals surface area (Å²) in [5.74, 6) is 6.27. The van der Waals surface area contributed by atoms with E-state index in [2.05, 4.69) is 154 Å². The summed E-state index contributed by atoms with van der Waals surface area (Å²) in [5, 5.41) is 75.8. The van der Waals surface area contributed by atoms with Gasteiger partial charge in [0.15, 0.2) is 0 Å². The number of fused-ring (bicyclic) bond motifs is 24. The van der Waals surface area contributed by atoms with E-state index < -0.39 is 17.9 Å². The number of aryl methyl sites for hydroxylation is 14. The molecule has 9 aromatic carbocycles. The zero-order valence-electron chi connectivity index (χ0n) is 80.6. The van der Waals surface area contributed by atoms with Crippen LogP contribution in [0, 0.1) is 45.9 Å². The third kappa shape index (κ3) is 18.6. The van der Waals surface area contributed by atoms with E-state index in [4.69, 9.17) is 51.3 Å². The van der Waals surface area contributed by atoms with E-state index >= 15 is 0 Å². The molecule has 0 radical (unpaired) electrons. The molecule has 0 aliphatic carbocycles. The Morgan fingerprint density at radius 1 is 0.371 bits per heavy atom. The summed E-state index contributed by atoms with van der Waals surface area (Å²) >= 11 is 17.6. The van der Waals surface area contributed by atoms with Crippen LogP contribution in [-0.2, 0) is 134 Å². The molecule has 24 bridgehead atoms. The van der Waals surface area contributed by atoms with Crippen LogP contribution in [0.25, 0.3) is 98.4 Å². The van der Waals surface area contributed by atoms with Crippen molar-refractivity contribution in [1.29, 1.82) is 5.26 Å². The molecular weight excluding hydrogens is 1890 g/mol. The first-order valence-electron chi connectivity index (χ1n) is 46.6. The molecule has 0 spiro atoms. The molecule has 140 heavy (non-hydrogen) atoms. The van der Waals surface area contributed by atoms with Gasteiger partial charge in [0, 0.05) is 230 Å². The lowest BCUT2D eigenvalue weighted by atomic mass is 9.94. The molecule has 3 N–H and O–H groups in total. The Bertz CT molecular complexity index is 7920. The van der Waals surface area contributed by atoms with E-state index in [1.165, 1.54) is 11.4 Å². The molecule has 0 saturated heterocycles. The molecular formula is C109H108ClN15O9S6. The number of benzene rings is 9. The topological polar surface area (TPSA) is 272 Å². The van der Waals surface area contributed by atoms with Crippen LogP contribution in [0.4, 0.5) is 0 Å². The largest absolute Gasteiger partial charge is 0.493 e. The number of aromatic nitrogens is 14. The minimum Gasteiger partial charge on any atom is -0.493 e. The summed E-state index contributed by atoms with van der Waals surface area (Å²) in [6.07, 6.45) is 3.66. The van der Waals surface area contributed by atoms with E-state index in [1.807, 2.05) is 155 Å². The zero-order chi connectivity index (χ0) is 97.9. The number of carboxylic acid groups (broad SMARTS) is 3. The normalized spacial score (nSPS) is 14.2. The Morgan fingerprint density at radius 2 is 0.757 bits per heavy atom. The van der Waals surface area contributed by atoms with Crippen molar-refractivity contribution in [3.05, 3.63) is 288 Å². The van der Waals surface area contributed by atoms with Gasteiger partial charge in [-0.3, -0.25) is 23.4 Å². The maximum Gasteiger partial charge on any atom is 0.352 e. The third-order valence-corrected chi connectivity index (χ3v) is 33.6. The number of halogens is 1. The van der Waals surface area contributed by atoms with Crippen molar-refractivity contribution >= 4 is 165 Å². The maximum atomic E-state index is 12.8. The third-order valence-electron chi connectivity index (χ3n) is 27.3. The quantitative estimate of drug-likeness (QED) is 0.148. The summed E-state index contributed by atoms with van der Waals surface area (Å²) in [5.41, 5.74) is 27.0. The molecule has 0 fully saturated rings. The van der Waals surface area contributed by atoms with Gasteiger partial charge in [0.2, 0.25) is 0 Å².